The normalized spacial score (nSPS) is 16.1. The Morgan fingerprint density at radius 1 is 1.56 bits per heavy atom. The highest BCUT2D eigenvalue weighted by atomic mass is 79.9. The van der Waals surface area contributed by atoms with E-state index in [0.717, 1.165) is 12.8 Å². The Morgan fingerprint density at radius 3 is 2.72 bits per heavy atom. The van der Waals surface area contributed by atoms with Gasteiger partial charge in [0.2, 0.25) is 0 Å². The lowest BCUT2D eigenvalue weighted by molar-refractivity contribution is -0.385. The molecule has 0 aromatic heterocycles. The summed E-state index contributed by atoms with van der Waals surface area (Å²) in [6.07, 6.45) is 0.677. The molecule has 0 amide bonds. The van der Waals surface area contributed by atoms with E-state index in [9.17, 15) is 14.9 Å². The minimum Gasteiger partial charge on any atom is -0.478 e. The minimum absolute atomic E-state index is 0.00587. The van der Waals surface area contributed by atoms with Crippen molar-refractivity contribution in [1.82, 2.24) is 0 Å². The Morgan fingerprint density at radius 2 is 2.22 bits per heavy atom. The van der Waals surface area contributed by atoms with E-state index in [0.29, 0.717) is 4.47 Å². The molecule has 6 nitrogen and oxygen atoms in total. The summed E-state index contributed by atoms with van der Waals surface area (Å²) >= 11 is 3.19. The van der Waals surface area contributed by atoms with Crippen molar-refractivity contribution in [3.8, 4) is 5.75 Å². The van der Waals surface area contributed by atoms with Crippen molar-refractivity contribution in [2.75, 3.05) is 0 Å². The van der Waals surface area contributed by atoms with Gasteiger partial charge in [0.15, 0.2) is 6.10 Å². The zero-order chi connectivity index (χ0) is 13.3. The van der Waals surface area contributed by atoms with Gasteiger partial charge in [0.05, 0.1) is 15.5 Å². The molecule has 1 atom stereocenters. The second-order valence-electron chi connectivity index (χ2n) is 4.09. The van der Waals surface area contributed by atoms with Gasteiger partial charge in [0.1, 0.15) is 5.75 Å². The van der Waals surface area contributed by atoms with Crippen LogP contribution < -0.4 is 4.74 Å². The maximum Gasteiger partial charge on any atom is 0.345 e. The number of carboxylic acids is 1. The van der Waals surface area contributed by atoms with E-state index in [2.05, 4.69) is 15.9 Å². The summed E-state index contributed by atoms with van der Waals surface area (Å²) in [5.41, 5.74) is -0.131. The molecule has 0 spiro atoms. The van der Waals surface area contributed by atoms with Crippen LogP contribution in [0.25, 0.3) is 0 Å². The third kappa shape index (κ3) is 2.79. The number of hydrogen-bond donors (Lipinski definition) is 1. The smallest absolute Gasteiger partial charge is 0.345 e. The van der Waals surface area contributed by atoms with Gasteiger partial charge in [0, 0.05) is 12.0 Å². The van der Waals surface area contributed by atoms with E-state index < -0.39 is 17.0 Å². The van der Waals surface area contributed by atoms with Crippen molar-refractivity contribution in [1.29, 1.82) is 0 Å². The van der Waals surface area contributed by atoms with Gasteiger partial charge in [-0.15, -0.1) is 0 Å². The summed E-state index contributed by atoms with van der Waals surface area (Å²) in [6.45, 7) is 0. The molecule has 0 radical (unpaired) electrons. The number of non-ortho nitro benzene ring substituents is 1. The molecule has 2 rings (SSSR count). The topological polar surface area (TPSA) is 89.7 Å². The van der Waals surface area contributed by atoms with E-state index in [1.807, 2.05) is 0 Å². The van der Waals surface area contributed by atoms with Crippen LogP contribution in [0.4, 0.5) is 5.69 Å². The molecule has 1 aliphatic rings. The van der Waals surface area contributed by atoms with Crippen molar-refractivity contribution in [2.24, 2.45) is 5.92 Å². The van der Waals surface area contributed by atoms with Crippen molar-refractivity contribution in [3.05, 3.63) is 32.8 Å². The van der Waals surface area contributed by atoms with E-state index >= 15 is 0 Å². The van der Waals surface area contributed by atoms with Gasteiger partial charge >= 0.3 is 5.97 Å². The maximum atomic E-state index is 11.0. The SMILES string of the molecule is O=C(O)C(Oc1cc([N+](=O)[O-])ccc1Br)C1CC1. The third-order valence-electron chi connectivity index (χ3n) is 2.67. The van der Waals surface area contributed by atoms with Crippen LogP contribution >= 0.6 is 15.9 Å². The van der Waals surface area contributed by atoms with Crippen molar-refractivity contribution >= 4 is 27.6 Å². The minimum atomic E-state index is -1.05. The Hall–Kier alpha value is -1.63. The lowest BCUT2D eigenvalue weighted by Crippen LogP contribution is -2.29. The molecule has 0 saturated heterocycles. The van der Waals surface area contributed by atoms with Gasteiger partial charge in [0.25, 0.3) is 5.69 Å². The maximum absolute atomic E-state index is 11.0. The predicted molar refractivity (Wildman–Crippen MR) is 65.6 cm³/mol. The summed E-state index contributed by atoms with van der Waals surface area (Å²) in [5, 5.41) is 19.7. The molecule has 0 aliphatic heterocycles. The predicted octanol–water partition coefficient (Wildman–Crippen LogP) is 2.60. The lowest BCUT2D eigenvalue weighted by Gasteiger charge is -2.15. The first-order valence-electron chi connectivity index (χ1n) is 5.32. The molecule has 1 aromatic carbocycles. The Bertz CT molecular complexity index is 500. The molecule has 0 bridgehead atoms. The summed E-state index contributed by atoms with van der Waals surface area (Å²) in [7, 11) is 0. The largest absolute Gasteiger partial charge is 0.478 e. The van der Waals surface area contributed by atoms with E-state index in [-0.39, 0.29) is 17.4 Å². The van der Waals surface area contributed by atoms with Crippen molar-refractivity contribution in [3.63, 3.8) is 0 Å². The zero-order valence-corrected chi connectivity index (χ0v) is 10.8. The number of nitro benzene ring substituents is 1. The van der Waals surface area contributed by atoms with Gasteiger partial charge < -0.3 is 9.84 Å². The number of nitro groups is 1. The molecule has 1 aromatic rings. The standard InChI is InChI=1S/C11H10BrNO5/c12-8-4-3-7(13(16)17)5-9(8)18-10(11(14)15)6-1-2-6/h3-6,10H,1-2H2,(H,14,15). The number of rotatable bonds is 5. The van der Waals surface area contributed by atoms with Gasteiger partial charge in [-0.05, 0) is 34.8 Å². The van der Waals surface area contributed by atoms with Crippen LogP contribution in [0.2, 0.25) is 0 Å². The van der Waals surface area contributed by atoms with Gasteiger partial charge in [-0.25, -0.2) is 4.79 Å². The average molecular weight is 316 g/mol. The number of benzene rings is 1. The van der Waals surface area contributed by atoms with Crippen LogP contribution in [0.3, 0.4) is 0 Å². The molecule has 96 valence electrons. The fraction of sp³-hybridized carbons (Fsp3) is 0.364. The van der Waals surface area contributed by atoms with Crippen LogP contribution in [0.5, 0.6) is 5.75 Å². The second-order valence-corrected chi connectivity index (χ2v) is 4.94. The molecular formula is C11H10BrNO5. The van der Waals surface area contributed by atoms with Crippen molar-refractivity contribution < 1.29 is 19.6 Å². The summed E-state index contributed by atoms with van der Waals surface area (Å²) in [5.74, 6) is -0.868. The monoisotopic (exact) mass is 315 g/mol. The van der Waals surface area contributed by atoms with E-state index in [1.54, 1.807) is 0 Å². The Balaban J connectivity index is 2.23. The zero-order valence-electron chi connectivity index (χ0n) is 9.21. The number of carbonyl (C=O) groups is 1. The van der Waals surface area contributed by atoms with Crippen LogP contribution in [0.15, 0.2) is 22.7 Å². The fourth-order valence-electron chi connectivity index (χ4n) is 1.58. The number of carboxylic acid groups (broad SMARTS) is 1. The van der Waals surface area contributed by atoms with Gasteiger partial charge in [-0.3, -0.25) is 10.1 Å². The molecule has 1 unspecified atom stereocenters. The quantitative estimate of drug-likeness (QED) is 0.666. The summed E-state index contributed by atoms with van der Waals surface area (Å²) < 4.78 is 5.87. The molecule has 18 heavy (non-hydrogen) atoms. The first-order valence-corrected chi connectivity index (χ1v) is 6.11. The Labute approximate surface area is 111 Å². The van der Waals surface area contributed by atoms with Crippen LogP contribution in [-0.2, 0) is 4.79 Å². The molecule has 1 fully saturated rings. The summed E-state index contributed by atoms with van der Waals surface area (Å²) in [4.78, 5) is 21.1. The Kier molecular flexibility index (Phi) is 3.51. The summed E-state index contributed by atoms with van der Waals surface area (Å²) in [6, 6.07) is 4.02. The lowest BCUT2D eigenvalue weighted by atomic mass is 10.2. The molecule has 0 heterocycles. The first kappa shape index (κ1) is 12.8. The number of halogens is 1. The highest BCUT2D eigenvalue weighted by molar-refractivity contribution is 9.10. The fourth-order valence-corrected chi connectivity index (χ4v) is 1.92. The molecule has 7 heteroatoms. The highest BCUT2D eigenvalue weighted by Gasteiger charge is 2.38. The van der Waals surface area contributed by atoms with Gasteiger partial charge in [-0.1, -0.05) is 0 Å². The van der Waals surface area contributed by atoms with Gasteiger partial charge in [-0.2, -0.15) is 0 Å². The number of nitrogens with zero attached hydrogens (tertiary/aromatic N) is 1. The molecule has 1 aliphatic carbocycles. The van der Waals surface area contributed by atoms with Crippen molar-refractivity contribution in [2.45, 2.75) is 18.9 Å². The number of aliphatic carboxylic acids is 1. The molecular weight excluding hydrogens is 306 g/mol. The van der Waals surface area contributed by atoms with E-state index in [1.165, 1.54) is 18.2 Å². The average Bonchev–Trinajstić information content (AvgIpc) is 3.11. The third-order valence-corrected chi connectivity index (χ3v) is 3.33. The van der Waals surface area contributed by atoms with E-state index in [4.69, 9.17) is 9.84 Å². The number of ether oxygens (including phenoxy) is 1. The van der Waals surface area contributed by atoms with Crippen LogP contribution in [0, 0.1) is 16.0 Å². The molecule has 1 saturated carbocycles. The molecule has 1 N–H and O–H groups in total. The second kappa shape index (κ2) is 4.93. The van der Waals surface area contributed by atoms with Crippen LogP contribution in [0.1, 0.15) is 12.8 Å². The van der Waals surface area contributed by atoms with Crippen LogP contribution in [-0.4, -0.2) is 22.1 Å². The first-order chi connectivity index (χ1) is 8.49. The highest BCUT2D eigenvalue weighted by Crippen LogP contribution is 2.37. The number of hydrogen-bond acceptors (Lipinski definition) is 4.